The molecule has 0 aromatic heterocycles. The van der Waals surface area contributed by atoms with Gasteiger partial charge in [0, 0.05) is 0 Å². The van der Waals surface area contributed by atoms with E-state index in [2.05, 4.69) is 34.6 Å². The quantitative estimate of drug-likeness (QED) is 0.109. The number of rotatable bonds is 27. The van der Waals surface area contributed by atoms with Crippen LogP contribution in [-0.4, -0.2) is 11.7 Å². The fourth-order valence-electron chi connectivity index (χ4n) is 5.12. The monoisotopic (exact) mass is 467 g/mol. The van der Waals surface area contributed by atoms with Gasteiger partial charge in [-0.15, -0.1) is 0 Å². The Bertz CT molecular complexity index is 362. The predicted molar refractivity (Wildman–Crippen MR) is 151 cm³/mol. The second kappa shape index (κ2) is 25.1. The summed E-state index contributed by atoms with van der Waals surface area (Å²) < 4.78 is 6.79. The number of ether oxygens (including phenoxy) is 1. The van der Waals surface area contributed by atoms with Gasteiger partial charge in [-0.3, -0.25) is 0 Å². The zero-order chi connectivity index (χ0) is 24.5. The van der Waals surface area contributed by atoms with Crippen molar-refractivity contribution in [3.05, 3.63) is 0 Å². The van der Waals surface area contributed by atoms with Crippen molar-refractivity contribution in [1.29, 1.82) is 0 Å². The van der Waals surface area contributed by atoms with Gasteiger partial charge in [0.15, 0.2) is 0 Å². The summed E-state index contributed by atoms with van der Waals surface area (Å²) in [5.74, 6) is 0. The molecular formula is C32H66O. The summed E-state index contributed by atoms with van der Waals surface area (Å²) in [6.45, 7) is 11.6. The van der Waals surface area contributed by atoms with Crippen molar-refractivity contribution < 1.29 is 4.74 Å². The molecule has 0 radical (unpaired) electrons. The van der Waals surface area contributed by atoms with Gasteiger partial charge in [-0.1, -0.05) is 162 Å². The number of unbranched alkanes of at least 4 members (excludes halogenated alkanes) is 19. The Hall–Kier alpha value is -0.0400. The Morgan fingerprint density at radius 2 is 0.727 bits per heavy atom. The Morgan fingerprint density at radius 1 is 0.424 bits per heavy atom. The summed E-state index contributed by atoms with van der Waals surface area (Å²) in [4.78, 5) is 0. The summed E-state index contributed by atoms with van der Waals surface area (Å²) in [6, 6.07) is 0. The minimum absolute atomic E-state index is 0.0510. The van der Waals surface area contributed by atoms with Crippen molar-refractivity contribution in [1.82, 2.24) is 0 Å². The van der Waals surface area contributed by atoms with Crippen LogP contribution in [-0.2, 0) is 4.74 Å². The normalized spacial score (nSPS) is 13.0. The van der Waals surface area contributed by atoms with E-state index < -0.39 is 0 Å². The Kier molecular flexibility index (Phi) is 25.0. The van der Waals surface area contributed by atoms with Crippen molar-refractivity contribution in [2.24, 2.45) is 0 Å². The van der Waals surface area contributed by atoms with E-state index in [9.17, 15) is 0 Å². The first-order valence-corrected chi connectivity index (χ1v) is 15.7. The van der Waals surface area contributed by atoms with Gasteiger partial charge in [0.05, 0.1) is 11.7 Å². The summed E-state index contributed by atoms with van der Waals surface area (Å²) >= 11 is 0. The molecule has 0 saturated heterocycles. The molecule has 33 heavy (non-hydrogen) atoms. The molecule has 0 aliphatic heterocycles. The first-order valence-electron chi connectivity index (χ1n) is 15.7. The molecule has 200 valence electrons. The molecule has 0 aromatic rings. The molecule has 1 heteroatoms. The predicted octanol–water partition coefficient (Wildman–Crippen LogP) is 12.0. The smallest absolute Gasteiger partial charge is 0.0630 e. The second-order valence-corrected chi connectivity index (χ2v) is 11.5. The molecule has 0 bridgehead atoms. The lowest BCUT2D eigenvalue weighted by atomic mass is 9.97. The Balaban J connectivity index is 4.19. The van der Waals surface area contributed by atoms with Gasteiger partial charge in [-0.25, -0.2) is 0 Å². The third-order valence-electron chi connectivity index (χ3n) is 7.38. The van der Waals surface area contributed by atoms with E-state index in [1.165, 1.54) is 161 Å². The maximum absolute atomic E-state index is 6.79. The van der Waals surface area contributed by atoms with Crippen LogP contribution in [0.2, 0.25) is 0 Å². The fraction of sp³-hybridized carbons (Fsp3) is 1.00. The topological polar surface area (TPSA) is 9.23 Å². The van der Waals surface area contributed by atoms with E-state index in [-0.39, 0.29) is 5.60 Å². The largest absolute Gasteiger partial charge is 0.372 e. The average molecular weight is 467 g/mol. The van der Waals surface area contributed by atoms with Crippen LogP contribution in [0.5, 0.6) is 0 Å². The Morgan fingerprint density at radius 3 is 1.09 bits per heavy atom. The number of hydrogen-bond acceptors (Lipinski definition) is 1. The molecule has 0 saturated carbocycles. The fourth-order valence-corrected chi connectivity index (χ4v) is 5.12. The lowest BCUT2D eigenvalue weighted by molar-refractivity contribution is -0.0843. The zero-order valence-corrected chi connectivity index (χ0v) is 24.2. The minimum Gasteiger partial charge on any atom is -0.372 e. The standard InChI is InChI=1S/C32H66O/c1-6-9-12-15-18-20-23-26-29-31(28-25-22-19-16-13-10-7-2)33-32(4,5)30-27-24-21-17-14-11-8-3/h31H,6-30H2,1-5H3. The highest BCUT2D eigenvalue weighted by molar-refractivity contribution is 4.73. The molecule has 1 nitrogen and oxygen atoms in total. The van der Waals surface area contributed by atoms with E-state index in [1.54, 1.807) is 0 Å². The highest BCUT2D eigenvalue weighted by Gasteiger charge is 2.23. The third kappa shape index (κ3) is 24.9. The van der Waals surface area contributed by atoms with Crippen LogP contribution in [0.25, 0.3) is 0 Å². The molecule has 0 aromatic carbocycles. The summed E-state index contributed by atoms with van der Waals surface area (Å²) in [5.41, 5.74) is 0.0510. The number of hydrogen-bond donors (Lipinski definition) is 0. The molecule has 0 aliphatic rings. The lowest BCUT2D eigenvalue weighted by Crippen LogP contribution is -2.31. The molecule has 0 fully saturated rings. The van der Waals surface area contributed by atoms with E-state index >= 15 is 0 Å². The molecule has 1 unspecified atom stereocenters. The van der Waals surface area contributed by atoms with E-state index in [1.807, 2.05) is 0 Å². The van der Waals surface area contributed by atoms with Crippen molar-refractivity contribution in [2.45, 2.75) is 207 Å². The highest BCUT2D eigenvalue weighted by atomic mass is 16.5. The van der Waals surface area contributed by atoms with Crippen molar-refractivity contribution in [3.63, 3.8) is 0 Å². The first-order chi connectivity index (χ1) is 16.1. The molecule has 0 rings (SSSR count). The van der Waals surface area contributed by atoms with E-state index in [0.717, 1.165) is 0 Å². The van der Waals surface area contributed by atoms with Gasteiger partial charge in [-0.05, 0) is 33.1 Å². The van der Waals surface area contributed by atoms with E-state index in [4.69, 9.17) is 4.74 Å². The van der Waals surface area contributed by atoms with Crippen LogP contribution in [0.15, 0.2) is 0 Å². The van der Waals surface area contributed by atoms with Crippen molar-refractivity contribution in [2.75, 3.05) is 0 Å². The van der Waals surface area contributed by atoms with Crippen LogP contribution >= 0.6 is 0 Å². The van der Waals surface area contributed by atoms with Gasteiger partial charge in [0.2, 0.25) is 0 Å². The van der Waals surface area contributed by atoms with Crippen LogP contribution in [0.3, 0.4) is 0 Å². The van der Waals surface area contributed by atoms with Gasteiger partial charge < -0.3 is 4.74 Å². The molecule has 0 amide bonds. The van der Waals surface area contributed by atoms with Crippen LogP contribution in [0.1, 0.15) is 195 Å². The van der Waals surface area contributed by atoms with Crippen LogP contribution in [0, 0.1) is 0 Å². The third-order valence-corrected chi connectivity index (χ3v) is 7.38. The maximum Gasteiger partial charge on any atom is 0.0630 e. The van der Waals surface area contributed by atoms with Crippen LogP contribution in [0.4, 0.5) is 0 Å². The molecule has 0 heterocycles. The zero-order valence-electron chi connectivity index (χ0n) is 24.2. The van der Waals surface area contributed by atoms with Gasteiger partial charge in [0.1, 0.15) is 0 Å². The maximum atomic E-state index is 6.79. The van der Waals surface area contributed by atoms with Crippen molar-refractivity contribution >= 4 is 0 Å². The first kappa shape index (κ1) is 33.0. The van der Waals surface area contributed by atoms with E-state index in [0.29, 0.717) is 6.10 Å². The summed E-state index contributed by atoms with van der Waals surface area (Å²) in [6.07, 6.45) is 35.1. The SMILES string of the molecule is CCCCCCCCCCC(CCCCCCCCC)OC(C)(C)CCCCCCCCC. The van der Waals surface area contributed by atoms with Crippen molar-refractivity contribution in [3.8, 4) is 0 Å². The highest BCUT2D eigenvalue weighted by Crippen LogP contribution is 2.26. The Labute approximate surface area is 211 Å². The lowest BCUT2D eigenvalue weighted by Gasteiger charge is -2.31. The van der Waals surface area contributed by atoms with Gasteiger partial charge >= 0.3 is 0 Å². The van der Waals surface area contributed by atoms with Gasteiger partial charge in [0.25, 0.3) is 0 Å². The molecule has 1 atom stereocenters. The minimum atomic E-state index is 0.0510. The summed E-state index contributed by atoms with van der Waals surface area (Å²) in [7, 11) is 0. The molecule has 0 N–H and O–H groups in total. The molecule has 0 aliphatic carbocycles. The van der Waals surface area contributed by atoms with Crippen LogP contribution < -0.4 is 0 Å². The summed E-state index contributed by atoms with van der Waals surface area (Å²) in [5, 5.41) is 0. The average Bonchev–Trinajstić information content (AvgIpc) is 2.79. The molecule has 0 spiro atoms. The van der Waals surface area contributed by atoms with Gasteiger partial charge in [-0.2, -0.15) is 0 Å². The molecular weight excluding hydrogens is 400 g/mol. The second-order valence-electron chi connectivity index (χ2n) is 11.5.